The predicted molar refractivity (Wildman–Crippen MR) is 68.3 cm³/mol. The molecule has 0 aliphatic heterocycles. The van der Waals surface area contributed by atoms with E-state index in [0.717, 1.165) is 13.1 Å². The molecule has 0 aromatic carbocycles. The molecule has 3 heteroatoms. The Morgan fingerprint density at radius 2 is 2.12 bits per heavy atom. The van der Waals surface area contributed by atoms with Crippen LogP contribution in [0.15, 0.2) is 12.3 Å². The third kappa shape index (κ3) is 4.79. The normalized spacial score (nSPS) is 11.2. The van der Waals surface area contributed by atoms with E-state index >= 15 is 0 Å². The van der Waals surface area contributed by atoms with E-state index in [1.165, 1.54) is 31.4 Å². The van der Waals surface area contributed by atoms with Crippen LogP contribution >= 0.6 is 0 Å². The van der Waals surface area contributed by atoms with Gasteiger partial charge in [-0.1, -0.05) is 40.0 Å². The van der Waals surface area contributed by atoms with Gasteiger partial charge < -0.3 is 5.32 Å². The van der Waals surface area contributed by atoms with E-state index in [-0.39, 0.29) is 0 Å². The van der Waals surface area contributed by atoms with Gasteiger partial charge in [0.1, 0.15) is 0 Å². The van der Waals surface area contributed by atoms with Crippen LogP contribution in [0.2, 0.25) is 0 Å². The summed E-state index contributed by atoms with van der Waals surface area (Å²) in [5, 5.41) is 7.80. The van der Waals surface area contributed by atoms with Crippen molar-refractivity contribution in [1.82, 2.24) is 15.1 Å². The fraction of sp³-hybridized carbons (Fsp3) is 0.769. The Morgan fingerprint density at radius 3 is 2.81 bits per heavy atom. The zero-order chi connectivity index (χ0) is 11.8. The van der Waals surface area contributed by atoms with Crippen LogP contribution in [0.3, 0.4) is 0 Å². The van der Waals surface area contributed by atoms with Gasteiger partial charge in [0.05, 0.1) is 5.69 Å². The Bertz CT molecular complexity index is 278. The predicted octanol–water partition coefficient (Wildman–Crippen LogP) is 2.96. The highest BCUT2D eigenvalue weighted by molar-refractivity contribution is 5.00. The third-order valence-electron chi connectivity index (χ3n) is 2.72. The van der Waals surface area contributed by atoms with E-state index in [2.05, 4.69) is 41.9 Å². The molecule has 0 atom stereocenters. The van der Waals surface area contributed by atoms with Gasteiger partial charge in [-0.2, -0.15) is 5.10 Å². The minimum atomic E-state index is 0.531. The molecule has 0 bridgehead atoms. The molecular weight excluding hydrogens is 198 g/mol. The van der Waals surface area contributed by atoms with Crippen molar-refractivity contribution in [3.8, 4) is 0 Å². The molecule has 3 nitrogen and oxygen atoms in total. The zero-order valence-corrected chi connectivity index (χ0v) is 10.9. The molecule has 0 saturated carbocycles. The maximum atomic E-state index is 4.37. The topological polar surface area (TPSA) is 29.9 Å². The van der Waals surface area contributed by atoms with Crippen molar-refractivity contribution >= 4 is 0 Å². The molecule has 0 saturated heterocycles. The van der Waals surface area contributed by atoms with Gasteiger partial charge in [0.15, 0.2) is 0 Å². The second-order valence-corrected chi connectivity index (χ2v) is 4.64. The molecule has 0 unspecified atom stereocenters. The van der Waals surface area contributed by atoms with E-state index in [4.69, 9.17) is 0 Å². The van der Waals surface area contributed by atoms with Crippen molar-refractivity contribution in [2.75, 3.05) is 0 Å². The number of hydrogen-bond acceptors (Lipinski definition) is 2. The van der Waals surface area contributed by atoms with E-state index in [1.807, 2.05) is 6.20 Å². The summed E-state index contributed by atoms with van der Waals surface area (Å²) in [6.07, 6.45) is 7.08. The number of rotatable bonds is 8. The second-order valence-electron chi connectivity index (χ2n) is 4.64. The van der Waals surface area contributed by atoms with Crippen molar-refractivity contribution in [1.29, 1.82) is 0 Å². The van der Waals surface area contributed by atoms with E-state index in [9.17, 15) is 0 Å². The van der Waals surface area contributed by atoms with Crippen LogP contribution in [0.1, 0.15) is 52.1 Å². The summed E-state index contributed by atoms with van der Waals surface area (Å²) in [6.45, 7) is 8.56. The van der Waals surface area contributed by atoms with Crippen LogP contribution in [-0.2, 0) is 13.1 Å². The van der Waals surface area contributed by atoms with Gasteiger partial charge in [0.25, 0.3) is 0 Å². The Hall–Kier alpha value is -0.830. The number of unbranched alkanes of at least 4 members (excludes halogenated alkanes) is 3. The molecule has 16 heavy (non-hydrogen) atoms. The maximum Gasteiger partial charge on any atom is 0.0522 e. The van der Waals surface area contributed by atoms with Crippen LogP contribution in [0.5, 0.6) is 0 Å². The highest BCUT2D eigenvalue weighted by Crippen LogP contribution is 2.04. The fourth-order valence-corrected chi connectivity index (χ4v) is 1.71. The molecule has 0 radical (unpaired) electrons. The average Bonchev–Trinajstić information content (AvgIpc) is 2.69. The number of nitrogens with zero attached hydrogens (tertiary/aromatic N) is 2. The fourth-order valence-electron chi connectivity index (χ4n) is 1.71. The number of aryl methyl sites for hydroxylation is 1. The first-order valence-corrected chi connectivity index (χ1v) is 6.48. The van der Waals surface area contributed by atoms with Crippen molar-refractivity contribution < 1.29 is 0 Å². The van der Waals surface area contributed by atoms with Crippen molar-refractivity contribution in [3.05, 3.63) is 18.0 Å². The molecule has 0 spiro atoms. The molecule has 1 aromatic heterocycles. The summed E-state index contributed by atoms with van der Waals surface area (Å²) >= 11 is 0. The summed E-state index contributed by atoms with van der Waals surface area (Å²) in [7, 11) is 0. The first-order chi connectivity index (χ1) is 7.74. The van der Waals surface area contributed by atoms with Crippen LogP contribution in [0.25, 0.3) is 0 Å². The Labute approximate surface area is 99.2 Å². The molecular formula is C13H25N3. The van der Waals surface area contributed by atoms with Gasteiger partial charge in [-0.05, 0) is 12.5 Å². The van der Waals surface area contributed by atoms with E-state index in [1.54, 1.807) is 0 Å². The summed E-state index contributed by atoms with van der Waals surface area (Å²) in [5.41, 5.74) is 1.30. The quantitative estimate of drug-likeness (QED) is 0.687. The first-order valence-electron chi connectivity index (χ1n) is 6.48. The van der Waals surface area contributed by atoms with Gasteiger partial charge >= 0.3 is 0 Å². The lowest BCUT2D eigenvalue weighted by molar-refractivity contribution is 0.499. The van der Waals surface area contributed by atoms with Crippen molar-refractivity contribution in [2.24, 2.45) is 0 Å². The summed E-state index contributed by atoms with van der Waals surface area (Å²) in [4.78, 5) is 0. The minimum absolute atomic E-state index is 0.531. The minimum Gasteiger partial charge on any atom is -0.309 e. The first kappa shape index (κ1) is 13.2. The number of aromatic nitrogens is 2. The third-order valence-corrected chi connectivity index (χ3v) is 2.72. The average molecular weight is 223 g/mol. The summed E-state index contributed by atoms with van der Waals surface area (Å²) < 4.78 is 2.13. The molecule has 0 fully saturated rings. The number of nitrogens with one attached hydrogen (secondary N) is 1. The van der Waals surface area contributed by atoms with Crippen LogP contribution < -0.4 is 5.32 Å². The molecule has 1 rings (SSSR count). The van der Waals surface area contributed by atoms with E-state index < -0.39 is 0 Å². The largest absolute Gasteiger partial charge is 0.309 e. The van der Waals surface area contributed by atoms with Crippen molar-refractivity contribution in [2.45, 2.75) is 65.6 Å². The van der Waals surface area contributed by atoms with Crippen LogP contribution in [0.4, 0.5) is 0 Å². The molecule has 0 aliphatic rings. The van der Waals surface area contributed by atoms with E-state index in [0.29, 0.717) is 6.04 Å². The lowest BCUT2D eigenvalue weighted by Gasteiger charge is -2.10. The van der Waals surface area contributed by atoms with Gasteiger partial charge in [-0.15, -0.1) is 0 Å². The smallest absolute Gasteiger partial charge is 0.0522 e. The molecule has 1 heterocycles. The highest BCUT2D eigenvalue weighted by Gasteiger charge is 2.02. The maximum absolute atomic E-state index is 4.37. The zero-order valence-electron chi connectivity index (χ0n) is 10.9. The molecule has 1 aromatic rings. The summed E-state index contributed by atoms with van der Waals surface area (Å²) in [6, 6.07) is 2.64. The van der Waals surface area contributed by atoms with Gasteiger partial charge in [-0.25, -0.2) is 0 Å². The van der Waals surface area contributed by atoms with Gasteiger partial charge in [0.2, 0.25) is 0 Å². The lowest BCUT2D eigenvalue weighted by atomic mass is 10.2. The molecule has 92 valence electrons. The standard InChI is InChI=1S/C13H25N3/c1-4-5-6-7-10-16-13(8-9-15-16)11-14-12(2)3/h8-9,12,14H,4-7,10-11H2,1-3H3. The SMILES string of the molecule is CCCCCCn1nccc1CNC(C)C. The van der Waals surface area contributed by atoms with Crippen LogP contribution in [-0.4, -0.2) is 15.8 Å². The molecule has 1 N–H and O–H groups in total. The van der Waals surface area contributed by atoms with Crippen LogP contribution in [0, 0.1) is 0 Å². The summed E-state index contributed by atoms with van der Waals surface area (Å²) in [5.74, 6) is 0. The Kier molecular flexibility index (Phi) is 6.16. The number of hydrogen-bond donors (Lipinski definition) is 1. The highest BCUT2D eigenvalue weighted by atomic mass is 15.3. The van der Waals surface area contributed by atoms with Gasteiger partial charge in [-0.3, -0.25) is 4.68 Å². The molecule has 0 amide bonds. The second kappa shape index (κ2) is 7.44. The van der Waals surface area contributed by atoms with Gasteiger partial charge in [0, 0.05) is 25.3 Å². The Morgan fingerprint density at radius 1 is 1.31 bits per heavy atom. The lowest BCUT2D eigenvalue weighted by Crippen LogP contribution is -2.23. The molecule has 0 aliphatic carbocycles. The monoisotopic (exact) mass is 223 g/mol. The Balaban J connectivity index is 2.32. The van der Waals surface area contributed by atoms with Crippen molar-refractivity contribution in [3.63, 3.8) is 0 Å².